The minimum atomic E-state index is -0.982. The summed E-state index contributed by atoms with van der Waals surface area (Å²) in [6.45, 7) is 1.68. The lowest BCUT2D eigenvalue weighted by atomic mass is 10.1. The van der Waals surface area contributed by atoms with Crippen LogP contribution in [0.15, 0.2) is 36.4 Å². The zero-order chi connectivity index (χ0) is 16.3. The molecule has 2 aromatic carbocycles. The molecule has 0 bridgehead atoms. The number of hydrogen-bond acceptors (Lipinski definition) is 3. The number of rotatable bonds is 3. The van der Waals surface area contributed by atoms with Gasteiger partial charge in [0.25, 0.3) is 5.91 Å². The van der Waals surface area contributed by atoms with Crippen LogP contribution >= 0.6 is 0 Å². The maximum Gasteiger partial charge on any atom is 0.340 e. The second kappa shape index (κ2) is 6.34. The summed E-state index contributed by atoms with van der Waals surface area (Å²) >= 11 is 0. The van der Waals surface area contributed by atoms with Crippen LogP contribution in [0, 0.1) is 18.6 Å². The molecule has 4 nitrogen and oxygen atoms in total. The van der Waals surface area contributed by atoms with Gasteiger partial charge >= 0.3 is 5.97 Å². The summed E-state index contributed by atoms with van der Waals surface area (Å²) in [5, 5.41) is 2.44. The third-order valence-corrected chi connectivity index (χ3v) is 3.09. The number of halogens is 2. The summed E-state index contributed by atoms with van der Waals surface area (Å²) in [5.41, 5.74) is 0.657. The number of esters is 1. The van der Waals surface area contributed by atoms with E-state index < -0.39 is 23.5 Å². The van der Waals surface area contributed by atoms with E-state index in [9.17, 15) is 18.4 Å². The van der Waals surface area contributed by atoms with E-state index in [0.29, 0.717) is 11.6 Å². The van der Waals surface area contributed by atoms with Crippen molar-refractivity contribution in [2.75, 3.05) is 12.4 Å². The van der Waals surface area contributed by atoms with Gasteiger partial charge in [-0.15, -0.1) is 0 Å². The number of hydrogen-bond donors (Lipinski definition) is 1. The molecule has 0 aromatic heterocycles. The Kier molecular flexibility index (Phi) is 4.50. The van der Waals surface area contributed by atoms with Crippen LogP contribution in [0.25, 0.3) is 0 Å². The number of amides is 1. The number of ether oxygens (including phenoxy) is 1. The van der Waals surface area contributed by atoms with E-state index in [-0.39, 0.29) is 16.8 Å². The first kappa shape index (κ1) is 15.6. The van der Waals surface area contributed by atoms with Crippen LogP contribution < -0.4 is 5.32 Å². The Morgan fingerprint density at radius 1 is 1.14 bits per heavy atom. The molecule has 0 saturated carbocycles. The van der Waals surface area contributed by atoms with E-state index in [4.69, 9.17) is 0 Å². The Labute approximate surface area is 125 Å². The zero-order valence-electron chi connectivity index (χ0n) is 11.9. The largest absolute Gasteiger partial charge is 0.465 e. The standard InChI is InChI=1S/C16H13F2NO3/c1-9-4-3-5-13(14(9)16(21)22-2)19-15(20)11-7-6-10(17)8-12(11)18/h3-8H,1-2H3,(H,19,20). The van der Waals surface area contributed by atoms with Gasteiger partial charge in [-0.25, -0.2) is 13.6 Å². The Balaban J connectivity index is 2.36. The van der Waals surface area contributed by atoms with Crippen molar-refractivity contribution < 1.29 is 23.1 Å². The highest BCUT2D eigenvalue weighted by Gasteiger charge is 2.18. The molecule has 2 aromatic rings. The molecular weight excluding hydrogens is 292 g/mol. The van der Waals surface area contributed by atoms with Gasteiger partial charge in [0.2, 0.25) is 0 Å². The maximum absolute atomic E-state index is 13.6. The van der Waals surface area contributed by atoms with E-state index in [0.717, 1.165) is 12.1 Å². The lowest BCUT2D eigenvalue weighted by molar-refractivity contribution is 0.0601. The van der Waals surface area contributed by atoms with Crippen LogP contribution in [0.2, 0.25) is 0 Å². The molecule has 0 unspecified atom stereocenters. The SMILES string of the molecule is COC(=O)c1c(C)cccc1NC(=O)c1ccc(F)cc1F. The van der Waals surface area contributed by atoms with Gasteiger partial charge in [0, 0.05) is 6.07 Å². The van der Waals surface area contributed by atoms with Gasteiger partial charge in [0.1, 0.15) is 11.6 Å². The number of carbonyl (C=O) groups is 2. The fourth-order valence-corrected chi connectivity index (χ4v) is 2.01. The molecule has 1 amide bonds. The molecular formula is C16H13F2NO3. The van der Waals surface area contributed by atoms with Crippen molar-refractivity contribution in [3.05, 3.63) is 64.7 Å². The van der Waals surface area contributed by atoms with Crippen molar-refractivity contribution in [2.24, 2.45) is 0 Å². The number of carbonyl (C=O) groups excluding carboxylic acids is 2. The van der Waals surface area contributed by atoms with Gasteiger partial charge in [0.15, 0.2) is 0 Å². The molecule has 0 aliphatic rings. The summed E-state index contributed by atoms with van der Waals surface area (Å²) in [6.07, 6.45) is 0. The smallest absolute Gasteiger partial charge is 0.340 e. The summed E-state index contributed by atoms with van der Waals surface area (Å²) in [4.78, 5) is 23.9. The molecule has 0 heterocycles. The van der Waals surface area contributed by atoms with Crippen molar-refractivity contribution in [3.8, 4) is 0 Å². The molecule has 2 rings (SSSR count). The van der Waals surface area contributed by atoms with Crippen molar-refractivity contribution in [1.29, 1.82) is 0 Å². The normalized spacial score (nSPS) is 10.2. The quantitative estimate of drug-likeness (QED) is 0.885. The van der Waals surface area contributed by atoms with Crippen LogP contribution in [0.1, 0.15) is 26.3 Å². The highest BCUT2D eigenvalue weighted by Crippen LogP contribution is 2.22. The van der Waals surface area contributed by atoms with E-state index in [1.807, 2.05) is 0 Å². The van der Waals surface area contributed by atoms with Gasteiger partial charge in [0.05, 0.1) is 23.9 Å². The topological polar surface area (TPSA) is 55.4 Å². The van der Waals surface area contributed by atoms with E-state index >= 15 is 0 Å². The van der Waals surface area contributed by atoms with Crippen LogP contribution in [0.4, 0.5) is 14.5 Å². The first-order valence-corrected chi connectivity index (χ1v) is 6.38. The fraction of sp³-hybridized carbons (Fsp3) is 0.125. The van der Waals surface area contributed by atoms with Crippen LogP contribution in [-0.4, -0.2) is 19.0 Å². The minimum absolute atomic E-state index is 0.181. The van der Waals surface area contributed by atoms with Crippen LogP contribution in [0.3, 0.4) is 0 Å². The van der Waals surface area contributed by atoms with Gasteiger partial charge in [-0.1, -0.05) is 12.1 Å². The van der Waals surface area contributed by atoms with E-state index in [1.54, 1.807) is 19.1 Å². The predicted octanol–water partition coefficient (Wildman–Crippen LogP) is 3.31. The molecule has 0 saturated heterocycles. The number of methoxy groups -OCH3 is 1. The van der Waals surface area contributed by atoms with Gasteiger partial charge in [-0.3, -0.25) is 4.79 Å². The number of aryl methyl sites for hydroxylation is 1. The third-order valence-electron chi connectivity index (χ3n) is 3.09. The average molecular weight is 305 g/mol. The minimum Gasteiger partial charge on any atom is -0.465 e. The monoisotopic (exact) mass is 305 g/mol. The highest BCUT2D eigenvalue weighted by molar-refractivity contribution is 6.08. The molecule has 1 N–H and O–H groups in total. The Bertz CT molecular complexity index is 744. The van der Waals surface area contributed by atoms with Crippen LogP contribution in [0.5, 0.6) is 0 Å². The molecule has 0 aliphatic heterocycles. The summed E-state index contributed by atoms with van der Waals surface area (Å²) in [6, 6.07) is 7.45. The summed E-state index contributed by atoms with van der Waals surface area (Å²) in [7, 11) is 1.22. The Morgan fingerprint density at radius 3 is 2.50 bits per heavy atom. The molecule has 0 aliphatic carbocycles. The lowest BCUT2D eigenvalue weighted by Gasteiger charge is -2.12. The molecule has 0 spiro atoms. The van der Waals surface area contributed by atoms with Gasteiger partial charge in [-0.2, -0.15) is 0 Å². The first-order chi connectivity index (χ1) is 10.4. The molecule has 6 heteroatoms. The predicted molar refractivity (Wildman–Crippen MR) is 76.8 cm³/mol. The Hall–Kier alpha value is -2.76. The fourth-order valence-electron chi connectivity index (χ4n) is 2.01. The number of anilines is 1. The molecule has 0 atom stereocenters. The van der Waals surface area contributed by atoms with E-state index in [2.05, 4.69) is 10.1 Å². The molecule has 22 heavy (non-hydrogen) atoms. The van der Waals surface area contributed by atoms with E-state index in [1.165, 1.54) is 13.2 Å². The van der Waals surface area contributed by atoms with Crippen molar-refractivity contribution >= 4 is 17.6 Å². The Morgan fingerprint density at radius 2 is 1.86 bits per heavy atom. The maximum atomic E-state index is 13.6. The third kappa shape index (κ3) is 3.11. The lowest BCUT2D eigenvalue weighted by Crippen LogP contribution is -2.17. The molecule has 114 valence electrons. The van der Waals surface area contributed by atoms with Crippen molar-refractivity contribution in [2.45, 2.75) is 6.92 Å². The molecule has 0 fully saturated rings. The first-order valence-electron chi connectivity index (χ1n) is 6.38. The number of nitrogens with one attached hydrogen (secondary N) is 1. The second-order valence-corrected chi connectivity index (χ2v) is 4.57. The van der Waals surface area contributed by atoms with Gasteiger partial charge < -0.3 is 10.1 Å². The second-order valence-electron chi connectivity index (χ2n) is 4.57. The van der Waals surface area contributed by atoms with Crippen molar-refractivity contribution in [3.63, 3.8) is 0 Å². The highest BCUT2D eigenvalue weighted by atomic mass is 19.1. The molecule has 0 radical (unpaired) electrons. The van der Waals surface area contributed by atoms with Gasteiger partial charge in [-0.05, 0) is 30.7 Å². The zero-order valence-corrected chi connectivity index (χ0v) is 11.9. The van der Waals surface area contributed by atoms with Crippen LogP contribution in [-0.2, 0) is 4.74 Å². The number of benzene rings is 2. The average Bonchev–Trinajstić information content (AvgIpc) is 2.46. The summed E-state index contributed by atoms with van der Waals surface area (Å²) < 4.78 is 31.2. The van der Waals surface area contributed by atoms with Crippen molar-refractivity contribution in [1.82, 2.24) is 0 Å². The summed E-state index contributed by atoms with van der Waals surface area (Å²) in [5.74, 6) is -3.16.